The lowest BCUT2D eigenvalue weighted by molar-refractivity contribution is -0.137. The highest BCUT2D eigenvalue weighted by Gasteiger charge is 2.30. The summed E-state index contributed by atoms with van der Waals surface area (Å²) in [7, 11) is 0. The summed E-state index contributed by atoms with van der Waals surface area (Å²) in [5.74, 6) is 0.408. The number of rotatable bonds is 6. The van der Waals surface area contributed by atoms with Gasteiger partial charge in [-0.3, -0.25) is 4.79 Å². The first-order chi connectivity index (χ1) is 14.8. The molecular formula is C22H18F3NO4S. The summed E-state index contributed by atoms with van der Waals surface area (Å²) in [4.78, 5) is 13.9. The minimum Gasteiger partial charge on any atom is -0.491 e. The van der Waals surface area contributed by atoms with Gasteiger partial charge in [-0.25, -0.2) is 0 Å². The van der Waals surface area contributed by atoms with E-state index < -0.39 is 17.8 Å². The van der Waals surface area contributed by atoms with Gasteiger partial charge in [0.2, 0.25) is 0 Å². The maximum absolute atomic E-state index is 12.7. The molecule has 0 saturated heterocycles. The Morgan fingerprint density at radius 1 is 1.19 bits per heavy atom. The molecule has 162 valence electrons. The third kappa shape index (κ3) is 4.83. The fourth-order valence-electron chi connectivity index (χ4n) is 3.12. The molecule has 2 heterocycles. The fraction of sp³-hybridized carbons (Fsp3) is 0.227. The van der Waals surface area contributed by atoms with Crippen LogP contribution >= 0.6 is 11.3 Å². The number of fused-ring (bicyclic) bond motifs is 3. The minimum atomic E-state index is -4.47. The first-order valence-corrected chi connectivity index (χ1v) is 10.2. The molecular weight excluding hydrogens is 431 g/mol. The molecule has 1 aliphatic rings. The number of aliphatic hydroxyl groups excluding tert-OH is 1. The molecule has 1 atom stereocenters. The van der Waals surface area contributed by atoms with E-state index in [1.165, 1.54) is 23.5 Å². The molecule has 9 heteroatoms. The molecule has 0 radical (unpaired) electrons. The van der Waals surface area contributed by atoms with Crippen molar-refractivity contribution in [3.8, 4) is 21.9 Å². The van der Waals surface area contributed by atoms with Crippen LogP contribution in [0.25, 0.3) is 10.4 Å². The second-order valence-corrected chi connectivity index (χ2v) is 8.00. The van der Waals surface area contributed by atoms with E-state index in [1.54, 1.807) is 6.07 Å². The summed E-state index contributed by atoms with van der Waals surface area (Å²) in [6.45, 7) is 0.0147. The number of carbonyl (C=O) groups excluding carboxylic acids is 1. The summed E-state index contributed by atoms with van der Waals surface area (Å²) in [6, 6.07) is 13.7. The molecule has 3 aromatic rings. The van der Waals surface area contributed by atoms with E-state index in [1.807, 2.05) is 24.3 Å². The van der Waals surface area contributed by atoms with E-state index in [4.69, 9.17) is 9.47 Å². The van der Waals surface area contributed by atoms with Crippen molar-refractivity contribution in [2.45, 2.75) is 18.9 Å². The number of amides is 1. The highest BCUT2D eigenvalue weighted by Crippen LogP contribution is 2.42. The van der Waals surface area contributed by atoms with Gasteiger partial charge in [0.25, 0.3) is 5.91 Å². The SMILES string of the molecule is O=C(NCC(O)COc1cccc(C(F)(F)F)c1)c1cc2c(s1)-c1ccccc1OC2. The van der Waals surface area contributed by atoms with E-state index in [2.05, 4.69) is 5.32 Å². The molecule has 0 spiro atoms. The van der Waals surface area contributed by atoms with Gasteiger partial charge < -0.3 is 19.9 Å². The number of alkyl halides is 3. The molecule has 1 aromatic heterocycles. The smallest absolute Gasteiger partial charge is 0.416 e. The average molecular weight is 449 g/mol. The number of carbonyl (C=O) groups is 1. The van der Waals surface area contributed by atoms with Gasteiger partial charge in [0.1, 0.15) is 30.8 Å². The first kappa shape index (κ1) is 21.2. The van der Waals surface area contributed by atoms with Crippen molar-refractivity contribution >= 4 is 17.2 Å². The Hall–Kier alpha value is -3.04. The van der Waals surface area contributed by atoms with Crippen LogP contribution in [-0.4, -0.2) is 30.3 Å². The van der Waals surface area contributed by atoms with Crippen LogP contribution in [0.5, 0.6) is 11.5 Å². The predicted molar refractivity (Wildman–Crippen MR) is 109 cm³/mol. The number of hydrogen-bond donors (Lipinski definition) is 2. The molecule has 1 aliphatic heterocycles. The lowest BCUT2D eigenvalue weighted by Gasteiger charge is -2.16. The molecule has 4 rings (SSSR count). The van der Waals surface area contributed by atoms with Gasteiger partial charge in [-0.15, -0.1) is 11.3 Å². The molecule has 1 amide bonds. The number of para-hydroxylation sites is 1. The molecule has 2 N–H and O–H groups in total. The zero-order valence-electron chi connectivity index (χ0n) is 16.1. The minimum absolute atomic E-state index is 0.00945. The van der Waals surface area contributed by atoms with Gasteiger partial charge >= 0.3 is 6.18 Å². The van der Waals surface area contributed by atoms with Gasteiger partial charge in [-0.1, -0.05) is 18.2 Å². The second kappa shape index (κ2) is 8.60. The summed E-state index contributed by atoms with van der Waals surface area (Å²) in [6.07, 6.45) is -5.56. The largest absolute Gasteiger partial charge is 0.491 e. The highest BCUT2D eigenvalue weighted by molar-refractivity contribution is 7.17. The quantitative estimate of drug-likeness (QED) is 0.582. The van der Waals surface area contributed by atoms with E-state index in [-0.39, 0.29) is 24.8 Å². The zero-order valence-corrected chi connectivity index (χ0v) is 16.9. The molecule has 1 unspecified atom stereocenters. The Morgan fingerprint density at radius 3 is 2.81 bits per heavy atom. The second-order valence-electron chi connectivity index (χ2n) is 6.95. The summed E-state index contributed by atoms with van der Waals surface area (Å²) in [5, 5.41) is 12.7. The topological polar surface area (TPSA) is 67.8 Å². The summed E-state index contributed by atoms with van der Waals surface area (Å²) in [5.41, 5.74) is 1.02. The van der Waals surface area contributed by atoms with Gasteiger partial charge in [0.15, 0.2) is 0 Å². The Labute approximate surface area is 180 Å². The van der Waals surface area contributed by atoms with Crippen LogP contribution in [0.4, 0.5) is 13.2 Å². The van der Waals surface area contributed by atoms with Crippen LogP contribution in [0, 0.1) is 0 Å². The van der Waals surface area contributed by atoms with E-state index in [9.17, 15) is 23.1 Å². The standard InChI is InChI=1S/C22H18F3NO4S/c23-22(24,25)14-4-3-5-16(9-14)29-12-15(27)10-26-21(28)19-8-13-11-30-18-7-2-1-6-17(18)20(13)31-19/h1-9,15,27H,10-12H2,(H,26,28). The van der Waals surface area contributed by atoms with Crippen LogP contribution in [0.3, 0.4) is 0 Å². The maximum atomic E-state index is 12.7. The van der Waals surface area contributed by atoms with Crippen LogP contribution in [0.1, 0.15) is 20.8 Å². The number of nitrogens with one attached hydrogen (secondary N) is 1. The third-order valence-electron chi connectivity index (χ3n) is 4.65. The lowest BCUT2D eigenvalue weighted by Crippen LogP contribution is -2.35. The van der Waals surface area contributed by atoms with E-state index >= 15 is 0 Å². The van der Waals surface area contributed by atoms with Crippen molar-refractivity contribution in [3.05, 3.63) is 70.6 Å². The number of benzene rings is 2. The number of thiophene rings is 1. The van der Waals surface area contributed by atoms with Crippen LogP contribution < -0.4 is 14.8 Å². The van der Waals surface area contributed by atoms with Crippen LogP contribution in [0.2, 0.25) is 0 Å². The van der Waals surface area contributed by atoms with Crippen molar-refractivity contribution in [2.24, 2.45) is 0 Å². The van der Waals surface area contributed by atoms with E-state index in [0.717, 1.165) is 33.9 Å². The van der Waals surface area contributed by atoms with Gasteiger partial charge in [0.05, 0.1) is 10.4 Å². The van der Waals surface area contributed by atoms with Crippen molar-refractivity contribution in [1.82, 2.24) is 5.32 Å². The normalized spacial score (nSPS) is 13.5. The van der Waals surface area contributed by atoms with Crippen LogP contribution in [-0.2, 0) is 12.8 Å². The van der Waals surface area contributed by atoms with Crippen molar-refractivity contribution in [3.63, 3.8) is 0 Å². The van der Waals surface area contributed by atoms with Crippen molar-refractivity contribution in [2.75, 3.05) is 13.2 Å². The van der Waals surface area contributed by atoms with Crippen molar-refractivity contribution < 1.29 is 32.5 Å². The number of hydrogen-bond acceptors (Lipinski definition) is 5. The maximum Gasteiger partial charge on any atom is 0.416 e. The monoisotopic (exact) mass is 449 g/mol. The molecule has 31 heavy (non-hydrogen) atoms. The predicted octanol–water partition coefficient (Wildman–Crippen LogP) is 4.50. The Balaban J connectivity index is 1.32. The molecule has 0 bridgehead atoms. The lowest BCUT2D eigenvalue weighted by atomic mass is 10.1. The number of ether oxygens (including phenoxy) is 2. The summed E-state index contributed by atoms with van der Waals surface area (Å²) < 4.78 is 49.2. The Morgan fingerprint density at radius 2 is 2.00 bits per heavy atom. The Kier molecular flexibility index (Phi) is 5.88. The molecule has 2 aromatic carbocycles. The van der Waals surface area contributed by atoms with E-state index in [0.29, 0.717) is 11.5 Å². The van der Waals surface area contributed by atoms with Crippen molar-refractivity contribution in [1.29, 1.82) is 0 Å². The molecule has 0 aliphatic carbocycles. The van der Waals surface area contributed by atoms with Gasteiger partial charge in [0, 0.05) is 22.5 Å². The molecule has 0 fully saturated rings. The number of halogens is 3. The third-order valence-corrected chi connectivity index (χ3v) is 5.86. The molecule has 0 saturated carbocycles. The summed E-state index contributed by atoms with van der Waals surface area (Å²) >= 11 is 1.34. The van der Waals surface area contributed by atoms with Gasteiger partial charge in [-0.2, -0.15) is 13.2 Å². The average Bonchev–Trinajstić information content (AvgIpc) is 3.21. The van der Waals surface area contributed by atoms with Crippen LogP contribution in [0.15, 0.2) is 54.6 Å². The van der Waals surface area contributed by atoms with Gasteiger partial charge in [-0.05, 0) is 36.4 Å². The first-order valence-electron chi connectivity index (χ1n) is 9.42. The zero-order chi connectivity index (χ0) is 22.0. The molecule has 5 nitrogen and oxygen atoms in total. The highest BCUT2D eigenvalue weighted by atomic mass is 32.1. The Bertz CT molecular complexity index is 1100. The number of aliphatic hydroxyl groups is 1. The fourth-order valence-corrected chi connectivity index (χ4v) is 4.24.